The zero-order valence-electron chi connectivity index (χ0n) is 13.7. The minimum atomic E-state index is 0.745. The number of aryl methyl sites for hydroxylation is 4. The van der Waals surface area contributed by atoms with E-state index < -0.39 is 0 Å². The summed E-state index contributed by atoms with van der Waals surface area (Å²) in [7, 11) is 0. The molecule has 0 saturated heterocycles. The quantitative estimate of drug-likeness (QED) is 0.611. The molecule has 0 atom stereocenters. The standard InChI is InChI=1S/C16H17N3.C2H6/c1-8-5-10(3)15-12(6-8)14(17)13-9(2)7-11(4)18-16(13)19-15;1-2/h5-7H,1-4H3,(H2,17,18,19);1-2H3. The molecule has 0 spiro atoms. The number of nitrogen functional groups attached to an aromatic ring is 1. The highest BCUT2D eigenvalue weighted by atomic mass is 14.9. The summed E-state index contributed by atoms with van der Waals surface area (Å²) in [4.78, 5) is 9.23. The molecule has 0 fully saturated rings. The van der Waals surface area contributed by atoms with Crippen molar-refractivity contribution < 1.29 is 0 Å². The van der Waals surface area contributed by atoms with Crippen LogP contribution < -0.4 is 5.73 Å². The number of hydrogen-bond acceptors (Lipinski definition) is 3. The van der Waals surface area contributed by atoms with Crippen molar-refractivity contribution in [2.24, 2.45) is 0 Å². The van der Waals surface area contributed by atoms with Gasteiger partial charge in [-0.25, -0.2) is 9.97 Å². The SMILES string of the molecule is CC.Cc1cc(C)c2nc3nc(C)cc(C)c3c(N)c2c1. The van der Waals surface area contributed by atoms with Crippen molar-refractivity contribution in [3.63, 3.8) is 0 Å². The number of benzene rings is 1. The molecular weight excluding hydrogens is 258 g/mol. The average molecular weight is 281 g/mol. The molecule has 2 aromatic heterocycles. The molecule has 21 heavy (non-hydrogen) atoms. The number of hydrogen-bond donors (Lipinski definition) is 1. The normalized spacial score (nSPS) is 10.6. The molecule has 3 rings (SSSR count). The first-order chi connectivity index (χ1) is 9.97. The fraction of sp³-hybridized carbons (Fsp3) is 0.333. The summed E-state index contributed by atoms with van der Waals surface area (Å²) in [5.74, 6) is 0. The van der Waals surface area contributed by atoms with E-state index in [1.807, 2.05) is 20.8 Å². The van der Waals surface area contributed by atoms with Gasteiger partial charge in [-0.3, -0.25) is 0 Å². The lowest BCUT2D eigenvalue weighted by Crippen LogP contribution is -1.99. The molecule has 3 heteroatoms. The zero-order valence-corrected chi connectivity index (χ0v) is 13.7. The molecule has 2 heterocycles. The van der Waals surface area contributed by atoms with Gasteiger partial charge in [0.1, 0.15) is 0 Å². The highest BCUT2D eigenvalue weighted by molar-refractivity contribution is 6.07. The largest absolute Gasteiger partial charge is 0.398 e. The second-order valence-electron chi connectivity index (χ2n) is 5.28. The first-order valence-corrected chi connectivity index (χ1v) is 7.42. The number of aromatic nitrogens is 2. The minimum absolute atomic E-state index is 0.745. The number of fused-ring (bicyclic) bond motifs is 2. The maximum Gasteiger partial charge on any atom is 0.162 e. The van der Waals surface area contributed by atoms with Gasteiger partial charge in [0, 0.05) is 16.5 Å². The van der Waals surface area contributed by atoms with Crippen LogP contribution in [0.5, 0.6) is 0 Å². The van der Waals surface area contributed by atoms with Crippen LogP contribution in [-0.2, 0) is 0 Å². The summed E-state index contributed by atoms with van der Waals surface area (Å²) in [5.41, 5.74) is 13.3. The Labute approximate surface area is 126 Å². The number of nitrogens with zero attached hydrogens (tertiary/aromatic N) is 2. The molecule has 0 bridgehead atoms. The predicted molar refractivity (Wildman–Crippen MR) is 91.8 cm³/mol. The Morgan fingerprint density at radius 2 is 1.52 bits per heavy atom. The fourth-order valence-corrected chi connectivity index (χ4v) is 2.79. The van der Waals surface area contributed by atoms with Crippen LogP contribution in [0.1, 0.15) is 36.2 Å². The zero-order chi connectivity index (χ0) is 15.7. The molecule has 0 aliphatic carbocycles. The third kappa shape index (κ3) is 2.56. The van der Waals surface area contributed by atoms with Gasteiger partial charge in [0.2, 0.25) is 0 Å². The smallest absolute Gasteiger partial charge is 0.162 e. The number of anilines is 1. The topological polar surface area (TPSA) is 51.8 Å². The molecule has 0 unspecified atom stereocenters. The monoisotopic (exact) mass is 281 g/mol. The van der Waals surface area contributed by atoms with E-state index in [-0.39, 0.29) is 0 Å². The number of pyridine rings is 2. The summed E-state index contributed by atoms with van der Waals surface area (Å²) in [6, 6.07) is 6.28. The second kappa shape index (κ2) is 5.68. The van der Waals surface area contributed by atoms with Crippen molar-refractivity contribution >= 4 is 27.6 Å². The molecule has 3 aromatic rings. The Bertz CT molecular complexity index is 820. The van der Waals surface area contributed by atoms with Crippen LogP contribution in [0.4, 0.5) is 5.69 Å². The van der Waals surface area contributed by atoms with Gasteiger partial charge in [0.25, 0.3) is 0 Å². The van der Waals surface area contributed by atoms with E-state index in [4.69, 9.17) is 10.7 Å². The third-order valence-electron chi connectivity index (χ3n) is 3.55. The van der Waals surface area contributed by atoms with Crippen molar-refractivity contribution in [3.05, 3.63) is 40.6 Å². The summed E-state index contributed by atoms with van der Waals surface area (Å²) < 4.78 is 0. The summed E-state index contributed by atoms with van der Waals surface area (Å²) in [5, 5.41) is 2.00. The Hall–Kier alpha value is -2.16. The van der Waals surface area contributed by atoms with Gasteiger partial charge in [-0.1, -0.05) is 25.5 Å². The van der Waals surface area contributed by atoms with Crippen molar-refractivity contribution in [3.8, 4) is 0 Å². The molecule has 0 aliphatic rings. The van der Waals surface area contributed by atoms with Crippen LogP contribution in [0.2, 0.25) is 0 Å². The average Bonchev–Trinajstić information content (AvgIpc) is 2.42. The van der Waals surface area contributed by atoms with E-state index in [1.54, 1.807) is 0 Å². The molecule has 1 aromatic carbocycles. The van der Waals surface area contributed by atoms with E-state index in [2.05, 4.69) is 44.0 Å². The van der Waals surface area contributed by atoms with Crippen LogP contribution >= 0.6 is 0 Å². The van der Waals surface area contributed by atoms with Crippen molar-refractivity contribution in [2.75, 3.05) is 5.73 Å². The lowest BCUT2D eigenvalue weighted by molar-refractivity contribution is 1.20. The summed E-state index contributed by atoms with van der Waals surface area (Å²) in [6.45, 7) is 12.2. The van der Waals surface area contributed by atoms with Crippen LogP contribution in [-0.4, -0.2) is 9.97 Å². The van der Waals surface area contributed by atoms with E-state index in [0.717, 1.165) is 44.4 Å². The molecule has 0 radical (unpaired) electrons. The molecule has 110 valence electrons. The van der Waals surface area contributed by atoms with Crippen molar-refractivity contribution in [1.29, 1.82) is 0 Å². The van der Waals surface area contributed by atoms with Gasteiger partial charge in [-0.05, 0) is 51.0 Å². The maximum atomic E-state index is 6.36. The predicted octanol–water partition coefficient (Wildman–Crippen LogP) is 4.63. The lowest BCUT2D eigenvalue weighted by atomic mass is 10.0. The van der Waals surface area contributed by atoms with Gasteiger partial charge in [0.05, 0.1) is 11.2 Å². The number of rotatable bonds is 0. The van der Waals surface area contributed by atoms with Gasteiger partial charge in [-0.15, -0.1) is 0 Å². The second-order valence-corrected chi connectivity index (χ2v) is 5.28. The minimum Gasteiger partial charge on any atom is -0.398 e. The molecular formula is C18H23N3. The van der Waals surface area contributed by atoms with Crippen LogP contribution in [0.15, 0.2) is 18.2 Å². The molecule has 0 saturated carbocycles. The maximum absolute atomic E-state index is 6.36. The Morgan fingerprint density at radius 1 is 0.857 bits per heavy atom. The van der Waals surface area contributed by atoms with Crippen molar-refractivity contribution in [1.82, 2.24) is 9.97 Å². The highest BCUT2D eigenvalue weighted by Crippen LogP contribution is 2.32. The Kier molecular flexibility index (Phi) is 4.12. The van der Waals surface area contributed by atoms with Gasteiger partial charge >= 0.3 is 0 Å². The fourth-order valence-electron chi connectivity index (χ4n) is 2.79. The summed E-state index contributed by atoms with van der Waals surface area (Å²) in [6.07, 6.45) is 0. The van der Waals surface area contributed by atoms with Gasteiger partial charge in [0.15, 0.2) is 5.65 Å². The molecule has 3 nitrogen and oxygen atoms in total. The Balaban J connectivity index is 0.000000774. The van der Waals surface area contributed by atoms with E-state index in [1.165, 1.54) is 5.56 Å². The Morgan fingerprint density at radius 3 is 2.19 bits per heavy atom. The third-order valence-corrected chi connectivity index (χ3v) is 3.55. The van der Waals surface area contributed by atoms with Crippen molar-refractivity contribution in [2.45, 2.75) is 41.5 Å². The van der Waals surface area contributed by atoms with E-state index >= 15 is 0 Å². The van der Waals surface area contributed by atoms with Crippen LogP contribution in [0.3, 0.4) is 0 Å². The molecule has 0 amide bonds. The molecule has 0 aliphatic heterocycles. The molecule has 2 N–H and O–H groups in total. The summed E-state index contributed by atoms with van der Waals surface area (Å²) >= 11 is 0. The lowest BCUT2D eigenvalue weighted by Gasteiger charge is -2.11. The van der Waals surface area contributed by atoms with Gasteiger partial charge < -0.3 is 5.73 Å². The van der Waals surface area contributed by atoms with Gasteiger partial charge in [-0.2, -0.15) is 0 Å². The van der Waals surface area contributed by atoms with Crippen LogP contribution in [0.25, 0.3) is 21.9 Å². The van der Waals surface area contributed by atoms with E-state index in [0.29, 0.717) is 0 Å². The van der Waals surface area contributed by atoms with E-state index in [9.17, 15) is 0 Å². The van der Waals surface area contributed by atoms with Crippen LogP contribution in [0, 0.1) is 27.7 Å². The first kappa shape index (κ1) is 15.2. The highest BCUT2D eigenvalue weighted by Gasteiger charge is 2.12. The number of nitrogens with two attached hydrogens (primary N) is 1. The first-order valence-electron chi connectivity index (χ1n) is 7.42.